The Bertz CT molecular complexity index is 1420. The van der Waals surface area contributed by atoms with E-state index >= 15 is 0 Å². The third-order valence-corrected chi connectivity index (χ3v) is 8.72. The van der Waals surface area contributed by atoms with Gasteiger partial charge < -0.3 is 10.1 Å². The van der Waals surface area contributed by atoms with E-state index in [1.165, 1.54) is 12.0 Å². The number of amides is 2. The van der Waals surface area contributed by atoms with Crippen molar-refractivity contribution in [1.29, 1.82) is 0 Å². The largest absolute Gasteiger partial charge is 0.469 e. The zero-order chi connectivity index (χ0) is 26.6. The fraction of sp³-hybridized carbons (Fsp3) is 0.310. The number of likely N-dealkylation sites (tertiary alicyclic amines) is 1. The Morgan fingerprint density at radius 2 is 1.66 bits per heavy atom. The van der Waals surface area contributed by atoms with Crippen LogP contribution in [0.5, 0.6) is 0 Å². The number of benzene rings is 3. The molecule has 3 aromatic rings. The van der Waals surface area contributed by atoms with E-state index in [1.54, 1.807) is 18.2 Å². The van der Waals surface area contributed by atoms with Crippen molar-refractivity contribution in [3.63, 3.8) is 0 Å². The standard InChI is InChI=1S/C29H26Cl3N3O3/c1-38-28(36)22-15-34(17-9-10-17)14-21(22)16-11-19(18-5-2-3-6-23(18)30)20-13-33-29(37)35(26(20)12-16)27-24(31)7-4-8-25(27)32/h2-8,11-12,17,21-22H,9-10,13-15H2,1H3,(H,33,37). The second-order valence-electron chi connectivity index (χ2n) is 10.0. The summed E-state index contributed by atoms with van der Waals surface area (Å²) in [6.07, 6.45) is 2.29. The number of halogens is 3. The molecule has 9 heteroatoms. The third kappa shape index (κ3) is 4.43. The lowest BCUT2D eigenvalue weighted by Crippen LogP contribution is -2.42. The first-order valence-electron chi connectivity index (χ1n) is 12.6. The summed E-state index contributed by atoms with van der Waals surface area (Å²) in [5, 5.41) is 4.29. The number of nitrogens with one attached hydrogen (secondary N) is 1. The van der Waals surface area contributed by atoms with Gasteiger partial charge >= 0.3 is 12.0 Å². The molecule has 2 heterocycles. The average Bonchev–Trinajstić information content (AvgIpc) is 3.67. The molecule has 38 heavy (non-hydrogen) atoms. The monoisotopic (exact) mass is 569 g/mol. The van der Waals surface area contributed by atoms with Gasteiger partial charge in [-0.1, -0.05) is 65.1 Å². The van der Waals surface area contributed by atoms with Crippen LogP contribution in [0.25, 0.3) is 11.1 Å². The zero-order valence-corrected chi connectivity index (χ0v) is 23.0. The molecule has 0 bridgehead atoms. The molecular weight excluding hydrogens is 545 g/mol. The van der Waals surface area contributed by atoms with Crippen LogP contribution in [0.1, 0.15) is 29.9 Å². The average molecular weight is 571 g/mol. The molecule has 2 atom stereocenters. The third-order valence-electron chi connectivity index (χ3n) is 7.78. The van der Waals surface area contributed by atoms with E-state index in [2.05, 4.69) is 16.3 Å². The van der Waals surface area contributed by atoms with Crippen LogP contribution in [0.4, 0.5) is 16.2 Å². The molecule has 0 aromatic heterocycles. The number of urea groups is 1. The Hall–Kier alpha value is -2.77. The molecule has 2 amide bonds. The highest BCUT2D eigenvalue weighted by atomic mass is 35.5. The van der Waals surface area contributed by atoms with Crippen LogP contribution in [0.3, 0.4) is 0 Å². The first-order valence-corrected chi connectivity index (χ1v) is 13.8. The van der Waals surface area contributed by atoms with Gasteiger partial charge in [-0.15, -0.1) is 0 Å². The normalized spacial score (nSPS) is 21.3. The van der Waals surface area contributed by atoms with Crippen molar-refractivity contribution in [3.05, 3.63) is 80.8 Å². The van der Waals surface area contributed by atoms with Gasteiger partial charge in [-0.2, -0.15) is 0 Å². The van der Waals surface area contributed by atoms with Crippen molar-refractivity contribution in [2.45, 2.75) is 31.3 Å². The number of para-hydroxylation sites is 1. The van der Waals surface area contributed by atoms with Gasteiger partial charge in [0.1, 0.15) is 0 Å². The van der Waals surface area contributed by atoms with Crippen molar-refractivity contribution in [3.8, 4) is 11.1 Å². The molecule has 196 valence electrons. The topological polar surface area (TPSA) is 61.9 Å². The molecule has 1 saturated heterocycles. The summed E-state index contributed by atoms with van der Waals surface area (Å²) >= 11 is 19.9. The van der Waals surface area contributed by atoms with Crippen molar-refractivity contribution in [2.24, 2.45) is 5.92 Å². The van der Waals surface area contributed by atoms with E-state index in [4.69, 9.17) is 39.5 Å². The summed E-state index contributed by atoms with van der Waals surface area (Å²) in [6.45, 7) is 1.71. The summed E-state index contributed by atoms with van der Waals surface area (Å²) in [6, 6.07) is 17.1. The van der Waals surface area contributed by atoms with Gasteiger partial charge in [-0.3, -0.25) is 14.6 Å². The molecule has 3 aromatic carbocycles. The summed E-state index contributed by atoms with van der Waals surface area (Å²) in [5.74, 6) is -0.644. The number of rotatable bonds is 5. The summed E-state index contributed by atoms with van der Waals surface area (Å²) in [5.41, 5.74) is 4.66. The van der Waals surface area contributed by atoms with Gasteiger partial charge in [0, 0.05) is 47.7 Å². The molecule has 1 aliphatic carbocycles. The number of nitrogens with zero attached hydrogens (tertiary/aromatic N) is 2. The Balaban J connectivity index is 1.57. The van der Waals surface area contributed by atoms with Crippen LogP contribution in [0.2, 0.25) is 15.1 Å². The fourth-order valence-electron chi connectivity index (χ4n) is 5.77. The number of hydrogen-bond acceptors (Lipinski definition) is 4. The number of fused-ring (bicyclic) bond motifs is 1. The van der Waals surface area contributed by atoms with Gasteiger partial charge in [-0.25, -0.2) is 4.79 Å². The molecule has 1 N–H and O–H groups in total. The van der Waals surface area contributed by atoms with Gasteiger partial charge in [0.25, 0.3) is 0 Å². The van der Waals surface area contributed by atoms with E-state index in [1.807, 2.05) is 30.3 Å². The molecule has 6 nitrogen and oxygen atoms in total. The molecule has 2 unspecified atom stereocenters. The van der Waals surface area contributed by atoms with Crippen LogP contribution in [0, 0.1) is 5.92 Å². The number of hydrogen-bond donors (Lipinski definition) is 1. The van der Waals surface area contributed by atoms with Gasteiger partial charge in [-0.05, 0) is 48.2 Å². The number of methoxy groups -OCH3 is 1. The van der Waals surface area contributed by atoms with Crippen molar-refractivity contribution in [1.82, 2.24) is 10.2 Å². The van der Waals surface area contributed by atoms with Gasteiger partial charge in [0.15, 0.2) is 0 Å². The maximum Gasteiger partial charge on any atom is 0.326 e. The fourth-order valence-corrected chi connectivity index (χ4v) is 6.58. The van der Waals surface area contributed by atoms with E-state index in [0.29, 0.717) is 45.6 Å². The minimum Gasteiger partial charge on any atom is -0.469 e. The Labute approximate surface area is 236 Å². The quantitative estimate of drug-likeness (QED) is 0.335. The molecule has 2 aliphatic heterocycles. The minimum absolute atomic E-state index is 0.108. The van der Waals surface area contributed by atoms with E-state index in [0.717, 1.165) is 41.6 Å². The lowest BCUT2D eigenvalue weighted by atomic mass is 9.84. The Morgan fingerprint density at radius 1 is 0.947 bits per heavy atom. The van der Waals surface area contributed by atoms with Crippen LogP contribution in [0.15, 0.2) is 54.6 Å². The molecule has 0 spiro atoms. The molecule has 1 saturated carbocycles. The first kappa shape index (κ1) is 25.5. The lowest BCUT2D eigenvalue weighted by molar-refractivity contribution is -0.145. The SMILES string of the molecule is COC(=O)C1CN(C2CC2)CC1c1cc(-c2ccccc2Cl)c2c(c1)N(c1c(Cl)cccc1Cl)C(=O)NC2. The second kappa shape index (κ2) is 10.1. The predicted molar refractivity (Wildman–Crippen MR) is 151 cm³/mol. The van der Waals surface area contributed by atoms with Gasteiger partial charge in [0.05, 0.1) is 34.4 Å². The summed E-state index contributed by atoms with van der Waals surface area (Å²) in [7, 11) is 1.44. The number of ether oxygens (including phenoxy) is 1. The van der Waals surface area contributed by atoms with E-state index in [-0.39, 0.29) is 23.8 Å². The predicted octanol–water partition coefficient (Wildman–Crippen LogP) is 7.03. The van der Waals surface area contributed by atoms with Crippen LogP contribution in [-0.2, 0) is 16.1 Å². The Morgan fingerprint density at radius 3 is 2.34 bits per heavy atom. The molecule has 2 fully saturated rings. The van der Waals surface area contributed by atoms with Crippen LogP contribution < -0.4 is 10.2 Å². The number of anilines is 2. The summed E-state index contributed by atoms with van der Waals surface area (Å²) in [4.78, 5) is 30.2. The van der Waals surface area contributed by atoms with Crippen molar-refractivity contribution >= 4 is 58.2 Å². The van der Waals surface area contributed by atoms with Crippen LogP contribution in [-0.4, -0.2) is 43.1 Å². The van der Waals surface area contributed by atoms with E-state index < -0.39 is 0 Å². The highest BCUT2D eigenvalue weighted by Gasteiger charge is 2.45. The highest BCUT2D eigenvalue weighted by Crippen LogP contribution is 2.47. The number of carbonyl (C=O) groups excluding carboxylic acids is 2. The van der Waals surface area contributed by atoms with Crippen LogP contribution >= 0.6 is 34.8 Å². The maximum atomic E-state index is 13.4. The molecular formula is C29H26Cl3N3O3. The van der Waals surface area contributed by atoms with E-state index in [9.17, 15) is 9.59 Å². The molecule has 6 rings (SSSR count). The first-order chi connectivity index (χ1) is 18.4. The maximum absolute atomic E-state index is 13.4. The second-order valence-corrected chi connectivity index (χ2v) is 11.3. The zero-order valence-electron chi connectivity index (χ0n) is 20.7. The molecule has 3 aliphatic rings. The van der Waals surface area contributed by atoms with Crippen molar-refractivity contribution in [2.75, 3.05) is 25.1 Å². The van der Waals surface area contributed by atoms with Gasteiger partial charge in [0.2, 0.25) is 0 Å². The van der Waals surface area contributed by atoms with Crippen molar-refractivity contribution < 1.29 is 14.3 Å². The molecule has 0 radical (unpaired) electrons. The smallest absolute Gasteiger partial charge is 0.326 e. The Kier molecular flexibility index (Phi) is 6.77. The minimum atomic E-state index is -0.328. The number of carbonyl (C=O) groups is 2. The highest BCUT2D eigenvalue weighted by molar-refractivity contribution is 6.40. The summed E-state index contributed by atoms with van der Waals surface area (Å²) < 4.78 is 5.22. The number of esters is 1. The lowest BCUT2D eigenvalue weighted by Gasteiger charge is -2.34.